The zero-order valence-electron chi connectivity index (χ0n) is 55.6. The van der Waals surface area contributed by atoms with Crippen molar-refractivity contribution in [3.05, 3.63) is 212 Å². The Hall–Kier alpha value is -3.04. The first-order valence-electron chi connectivity index (χ1n) is 31.3. The van der Waals surface area contributed by atoms with E-state index in [4.69, 9.17) is 0 Å². The van der Waals surface area contributed by atoms with E-state index in [0.29, 0.717) is 0 Å². The molecule has 0 saturated carbocycles. The second-order valence-corrected chi connectivity index (χ2v) is 60.9. The van der Waals surface area contributed by atoms with Crippen LogP contribution in [0.25, 0.3) is 127 Å². The molecule has 97 heavy (non-hydrogen) atoms. The molecule has 16 heterocycles. The summed E-state index contributed by atoms with van der Waals surface area (Å²) >= 11 is 35.8. The van der Waals surface area contributed by atoms with E-state index in [9.17, 15) is 0 Å². The van der Waals surface area contributed by atoms with Gasteiger partial charge < -0.3 is 0 Å². The zero-order valence-corrected chi connectivity index (χ0v) is 74.7. The van der Waals surface area contributed by atoms with Gasteiger partial charge in [-0.25, -0.2) is 0 Å². The number of rotatable bonds is 14. The van der Waals surface area contributed by atoms with Crippen molar-refractivity contribution < 1.29 is 0 Å². The predicted molar refractivity (Wildman–Crippen MR) is 467 cm³/mol. The van der Waals surface area contributed by atoms with Crippen molar-refractivity contribution in [3.8, 4) is 127 Å². The molecule has 0 aromatic carbocycles. The van der Waals surface area contributed by atoms with Gasteiger partial charge >= 0.3 is 177 Å². The fourth-order valence-electron chi connectivity index (χ4n) is 11.2. The molecule has 0 nitrogen and oxygen atoms in total. The number of aryl methyl sites for hydroxylation is 11. The van der Waals surface area contributed by atoms with Gasteiger partial charge in [-0.05, 0) is 237 Å². The maximum Gasteiger partial charge on any atom is 0.0479 e. The summed E-state index contributed by atoms with van der Waals surface area (Å²) in [6.45, 7) is 24.4. The number of hydrogen-bond acceptors (Lipinski definition) is 16. The molecule has 0 radical (unpaired) electrons. The molecule has 0 bridgehead atoms. The predicted octanol–water partition coefficient (Wildman–Crippen LogP) is 33.2. The Labute approximate surface area is 655 Å². The molecule has 0 fully saturated rings. The Kier molecular flexibility index (Phi) is 21.7. The van der Waals surface area contributed by atoms with Crippen LogP contribution in [0.5, 0.6) is 0 Å². The zero-order chi connectivity index (χ0) is 67.9. The van der Waals surface area contributed by atoms with Gasteiger partial charge in [-0.1, -0.05) is 0 Å². The third kappa shape index (κ3) is 15.5. The van der Waals surface area contributed by atoms with E-state index >= 15 is 0 Å². The molecular formula is C78H66Br2S16Sn. The molecule has 0 aliphatic carbocycles. The minimum Gasteiger partial charge on any atom is -0.139 e. The fraction of sp³-hybridized carbons (Fsp3) is 0.179. The van der Waals surface area contributed by atoms with Crippen LogP contribution < -0.4 is 2.89 Å². The van der Waals surface area contributed by atoms with Crippen LogP contribution in [0.3, 0.4) is 0 Å². The van der Waals surface area contributed by atoms with Gasteiger partial charge in [0.05, 0.1) is 7.57 Å². The largest absolute Gasteiger partial charge is 0.139 e. The van der Waals surface area contributed by atoms with E-state index in [1.165, 1.54) is 194 Å². The van der Waals surface area contributed by atoms with Crippen molar-refractivity contribution in [2.24, 2.45) is 0 Å². The first-order chi connectivity index (χ1) is 46.4. The summed E-state index contributed by atoms with van der Waals surface area (Å²) in [6.07, 6.45) is 0. The summed E-state index contributed by atoms with van der Waals surface area (Å²) in [6, 6.07) is 55.3. The standard InChI is InChI=1S/C38H30S8.C19H15S4.C18H12Br2S4.3CH3.Sn/c1-19-16-33(40-24(19)6)29-9-7-25(41-29)26-8-10-30(42-26)34-17-21(3)38(45-34)35-18-22(4)37(46-35)32-14-12-28(44-32)27-11-13-31(43-27)36-20(2)15-23(5)39-36;1-11-8-9-20-18(11)16-6-4-14(22-16)15-5-7-17(23-15)19-12(2)10-13(3)21-19;1-9-7-15(23-17(9)19)13-5-3-11(21-13)12-4-6-14(22-12)16-8-10(2)18(20)24-16;;;;/h7-18H,1-6H3;4-8,10H,1-3H3;3-8H,1-2H3;3*1H3;. The third-order valence-corrected chi connectivity index (χ3v) is 48.4. The topological polar surface area (TPSA) is 0 Å². The minimum absolute atomic E-state index is 1.23. The van der Waals surface area contributed by atoms with E-state index in [1.54, 1.807) is 2.89 Å². The number of thiophene rings is 16. The summed E-state index contributed by atoms with van der Waals surface area (Å²) in [5, 5.41) is 0. The van der Waals surface area contributed by atoms with Gasteiger partial charge in [0.1, 0.15) is 0 Å². The van der Waals surface area contributed by atoms with Crippen LogP contribution in [0, 0.1) is 76.2 Å². The van der Waals surface area contributed by atoms with Gasteiger partial charge in [0.25, 0.3) is 0 Å². The van der Waals surface area contributed by atoms with Crippen molar-refractivity contribution in [1.82, 2.24) is 0 Å². The van der Waals surface area contributed by atoms with Crippen molar-refractivity contribution in [3.63, 3.8) is 0 Å². The van der Waals surface area contributed by atoms with Gasteiger partial charge in [0.2, 0.25) is 0 Å². The van der Waals surface area contributed by atoms with Gasteiger partial charge in [-0.15, -0.1) is 136 Å². The van der Waals surface area contributed by atoms with Gasteiger partial charge in [-0.3, -0.25) is 0 Å². The smallest absolute Gasteiger partial charge is 0.0479 e. The summed E-state index contributed by atoms with van der Waals surface area (Å²) < 4.78 is 4.13. The quantitative estimate of drug-likeness (QED) is 0.0952. The molecule has 19 heteroatoms. The van der Waals surface area contributed by atoms with Crippen LogP contribution in [-0.2, 0) is 0 Å². The molecule has 0 aliphatic heterocycles. The molecule has 16 rings (SSSR count). The van der Waals surface area contributed by atoms with Crippen molar-refractivity contribution in [1.29, 1.82) is 0 Å². The monoisotopic (exact) mass is 1790 g/mol. The molecule has 0 spiro atoms. The minimum atomic E-state index is -1.99. The van der Waals surface area contributed by atoms with Gasteiger partial charge in [-0.2, -0.15) is 0 Å². The second-order valence-electron chi connectivity index (χ2n) is 25.2. The van der Waals surface area contributed by atoms with Crippen LogP contribution in [0.15, 0.2) is 153 Å². The summed E-state index contributed by atoms with van der Waals surface area (Å²) in [5.74, 6) is 0. The Morgan fingerprint density at radius 2 is 0.443 bits per heavy atom. The molecule has 0 aliphatic rings. The molecular weight excluding hydrogens is 1730 g/mol. The van der Waals surface area contributed by atoms with Crippen LogP contribution >= 0.6 is 213 Å². The van der Waals surface area contributed by atoms with E-state index in [2.05, 4.69) is 268 Å². The van der Waals surface area contributed by atoms with Gasteiger partial charge in [0, 0.05) is 107 Å². The van der Waals surface area contributed by atoms with Crippen molar-refractivity contribution in [2.75, 3.05) is 0 Å². The van der Waals surface area contributed by atoms with Crippen molar-refractivity contribution >= 4 is 235 Å². The average molecular weight is 1790 g/mol. The first-order valence-corrected chi connectivity index (χ1v) is 56.0. The Bertz CT molecular complexity index is 5330. The normalized spacial score (nSPS) is 11.7. The number of halogens is 2. The van der Waals surface area contributed by atoms with Crippen molar-refractivity contribution in [2.45, 2.75) is 91.0 Å². The molecule has 16 aromatic rings. The van der Waals surface area contributed by atoms with E-state index < -0.39 is 18.4 Å². The number of hydrogen-bond donors (Lipinski definition) is 0. The molecule has 0 N–H and O–H groups in total. The molecule has 0 unspecified atom stereocenters. The third-order valence-electron chi connectivity index (χ3n) is 16.4. The van der Waals surface area contributed by atoms with E-state index in [1.807, 2.05) is 181 Å². The van der Waals surface area contributed by atoms with Crippen LogP contribution in [0.1, 0.15) is 59.1 Å². The SMILES string of the molecule is Cc1cc(-c2ccc(-c3ccc(-c4cc(C)c(Br)s4)s3)s2)sc1Br.Cc1cc(C)c(-c2ccc(-c3ccc(-c4s[c]([Sn]([CH3])([CH3])[CH3])cc4C)s3)s2)s1.Cc1cc(C)c(-c2ccc(-c3ccc(-c4sc(-c5sc(-c6ccc(-c7ccc(-c8cc(C)c(C)s8)s7)s6)cc5C)cc4C)s3)s2)s1. The van der Waals surface area contributed by atoms with Crippen LogP contribution in [0.2, 0.25) is 14.8 Å². The summed E-state index contributed by atoms with van der Waals surface area (Å²) in [4.78, 5) is 47.4. The molecule has 492 valence electrons. The maximum atomic E-state index is 3.62. The van der Waals surface area contributed by atoms with E-state index in [-0.39, 0.29) is 0 Å². The Morgan fingerprint density at radius 1 is 0.206 bits per heavy atom. The van der Waals surface area contributed by atoms with Crippen LogP contribution in [0.4, 0.5) is 0 Å². The molecule has 16 aromatic heterocycles. The van der Waals surface area contributed by atoms with Crippen LogP contribution in [-0.4, -0.2) is 18.4 Å². The molecule has 0 saturated heterocycles. The van der Waals surface area contributed by atoms with Gasteiger partial charge in [0.15, 0.2) is 0 Å². The fourth-order valence-corrected chi connectivity index (χ4v) is 35.9. The molecule has 0 atom stereocenters. The summed E-state index contributed by atoms with van der Waals surface area (Å²) in [5.41, 5.74) is 11.0. The second kappa shape index (κ2) is 29.6. The molecule has 0 amide bonds. The van der Waals surface area contributed by atoms with E-state index in [0.717, 1.165) is 0 Å². The summed E-state index contributed by atoms with van der Waals surface area (Å²) in [7, 11) is 0. The first kappa shape index (κ1) is 71.0. The Morgan fingerprint density at radius 3 is 0.742 bits per heavy atom. The Balaban J connectivity index is 0.000000135. The maximum absolute atomic E-state index is 3.62. The average Bonchev–Trinajstić information content (AvgIpc) is 1.60.